The molecule has 0 saturated carbocycles. The van der Waals surface area contributed by atoms with Gasteiger partial charge in [-0.2, -0.15) is 0 Å². The summed E-state index contributed by atoms with van der Waals surface area (Å²) in [6.07, 6.45) is 0. The van der Waals surface area contributed by atoms with Gasteiger partial charge in [-0.15, -0.1) is 0 Å². The summed E-state index contributed by atoms with van der Waals surface area (Å²) in [6, 6.07) is 18.8. The zero-order chi connectivity index (χ0) is 22.2. The summed E-state index contributed by atoms with van der Waals surface area (Å²) in [7, 11) is -3.78. The average Bonchev–Trinajstić information content (AvgIpc) is 2.79. The van der Waals surface area contributed by atoms with Gasteiger partial charge < -0.3 is 14.8 Å². The largest absolute Gasteiger partial charge is 0.475 e. The molecule has 0 aromatic heterocycles. The Labute approximate surface area is 183 Å². The Balaban J connectivity index is 1.70. The monoisotopic (exact) mass is 451 g/mol. The van der Waals surface area contributed by atoms with Gasteiger partial charge in [0.2, 0.25) is 5.91 Å². The topological polar surface area (TPSA) is 92.3 Å². The van der Waals surface area contributed by atoms with Crippen LogP contribution in [0.4, 0.5) is 0 Å². The van der Waals surface area contributed by atoms with Crippen LogP contribution in [-0.2, 0) is 45.6 Å². The van der Waals surface area contributed by atoms with Crippen molar-refractivity contribution < 1.29 is 32.4 Å². The molecular weight excluding hydrogens is 421 g/mol. The zero-order valence-corrected chi connectivity index (χ0v) is 18.6. The Kier molecular flexibility index (Phi) is 12.1. The van der Waals surface area contributed by atoms with Crippen molar-refractivity contribution in [2.45, 2.75) is 20.1 Å². The van der Waals surface area contributed by atoms with Gasteiger partial charge in [-0.1, -0.05) is 60.7 Å². The van der Waals surface area contributed by atoms with Gasteiger partial charge in [0.25, 0.3) is 0 Å². The molecule has 0 radical (unpaired) electrons. The first-order valence-electron chi connectivity index (χ1n) is 10.1. The van der Waals surface area contributed by atoms with Gasteiger partial charge in [0, 0.05) is 13.5 Å². The minimum atomic E-state index is -3.78. The molecule has 0 fully saturated rings. The van der Waals surface area contributed by atoms with Gasteiger partial charge in [0.15, 0.2) is 0 Å². The van der Waals surface area contributed by atoms with Gasteiger partial charge in [-0.05, 0) is 11.1 Å². The van der Waals surface area contributed by atoms with Crippen molar-refractivity contribution in [2.75, 3.05) is 39.6 Å². The molecule has 0 aliphatic heterocycles. The molecule has 31 heavy (non-hydrogen) atoms. The standard InChI is InChI=1S/C22H30NO7P/c1-20(24)23-12-13-26-14-15-27-16-17-28-31(25,29-18-21-8-4-2-5-9-21)30-19-22-10-6-3-7-11-22/h2-11H,12-19H2,1H3,(H,23,24). The molecule has 0 atom stereocenters. The summed E-state index contributed by atoms with van der Waals surface area (Å²) < 4.78 is 40.3. The van der Waals surface area contributed by atoms with Crippen LogP contribution in [0.2, 0.25) is 0 Å². The Bertz CT molecular complexity index is 741. The van der Waals surface area contributed by atoms with Crippen molar-refractivity contribution >= 4 is 13.7 Å². The molecule has 0 heterocycles. The van der Waals surface area contributed by atoms with Crippen LogP contribution in [0.5, 0.6) is 0 Å². The van der Waals surface area contributed by atoms with E-state index in [1.165, 1.54) is 6.92 Å². The SMILES string of the molecule is CC(=O)NCCOCCOCCOP(=O)(OCc1ccccc1)OCc1ccccc1. The van der Waals surface area contributed by atoms with Gasteiger partial charge in [-0.3, -0.25) is 18.4 Å². The van der Waals surface area contributed by atoms with Crippen LogP contribution in [0.15, 0.2) is 60.7 Å². The molecule has 2 aromatic carbocycles. The van der Waals surface area contributed by atoms with E-state index in [4.69, 9.17) is 23.0 Å². The molecular formula is C22H30NO7P. The second-order valence-electron chi connectivity index (χ2n) is 6.51. The second kappa shape index (κ2) is 14.9. The molecule has 0 unspecified atom stereocenters. The fourth-order valence-electron chi connectivity index (χ4n) is 2.40. The highest BCUT2D eigenvalue weighted by Crippen LogP contribution is 2.50. The molecule has 0 aliphatic carbocycles. The summed E-state index contributed by atoms with van der Waals surface area (Å²) in [6.45, 7) is 3.53. The number of hydrogen-bond donors (Lipinski definition) is 1. The van der Waals surface area contributed by atoms with E-state index >= 15 is 0 Å². The van der Waals surface area contributed by atoms with Gasteiger partial charge >= 0.3 is 7.82 Å². The average molecular weight is 451 g/mol. The van der Waals surface area contributed by atoms with E-state index in [-0.39, 0.29) is 32.3 Å². The lowest BCUT2D eigenvalue weighted by molar-refractivity contribution is -0.119. The first-order valence-corrected chi connectivity index (χ1v) is 11.5. The maximum atomic E-state index is 13.0. The highest BCUT2D eigenvalue weighted by atomic mass is 31.2. The van der Waals surface area contributed by atoms with Crippen molar-refractivity contribution in [3.8, 4) is 0 Å². The number of carbonyl (C=O) groups excluding carboxylic acids is 1. The highest BCUT2D eigenvalue weighted by Gasteiger charge is 2.27. The van der Waals surface area contributed by atoms with Crippen molar-refractivity contribution in [3.63, 3.8) is 0 Å². The number of ether oxygens (including phenoxy) is 2. The van der Waals surface area contributed by atoms with E-state index in [1.54, 1.807) is 0 Å². The molecule has 0 aliphatic rings. The Hall–Kier alpha value is -2.06. The summed E-state index contributed by atoms with van der Waals surface area (Å²) in [4.78, 5) is 10.7. The third-order valence-corrected chi connectivity index (χ3v) is 5.32. The number of carbonyl (C=O) groups is 1. The van der Waals surface area contributed by atoms with Crippen LogP contribution >= 0.6 is 7.82 Å². The number of rotatable bonds is 16. The first-order chi connectivity index (χ1) is 15.1. The third-order valence-electron chi connectivity index (χ3n) is 3.93. The molecule has 2 rings (SSSR count). The third kappa shape index (κ3) is 11.8. The maximum absolute atomic E-state index is 13.0. The van der Waals surface area contributed by atoms with Crippen molar-refractivity contribution in [2.24, 2.45) is 0 Å². The van der Waals surface area contributed by atoms with Crippen LogP contribution in [-0.4, -0.2) is 45.5 Å². The molecule has 1 amide bonds. The summed E-state index contributed by atoms with van der Waals surface area (Å²) >= 11 is 0. The summed E-state index contributed by atoms with van der Waals surface area (Å²) in [5.41, 5.74) is 1.73. The fourth-order valence-corrected chi connectivity index (χ4v) is 3.53. The van der Waals surface area contributed by atoms with Crippen LogP contribution < -0.4 is 5.32 Å². The molecule has 0 bridgehead atoms. The lowest BCUT2D eigenvalue weighted by Gasteiger charge is -2.18. The summed E-state index contributed by atoms with van der Waals surface area (Å²) in [5, 5.41) is 2.64. The van der Waals surface area contributed by atoms with E-state index in [2.05, 4.69) is 5.32 Å². The van der Waals surface area contributed by atoms with Crippen molar-refractivity contribution in [1.82, 2.24) is 5.32 Å². The van der Waals surface area contributed by atoms with Gasteiger partial charge in [-0.25, -0.2) is 4.57 Å². The van der Waals surface area contributed by atoms with E-state index < -0.39 is 7.82 Å². The Morgan fingerprint density at radius 1 is 0.742 bits per heavy atom. The molecule has 170 valence electrons. The lowest BCUT2D eigenvalue weighted by Crippen LogP contribution is -2.25. The fraction of sp³-hybridized carbons (Fsp3) is 0.409. The maximum Gasteiger partial charge on any atom is 0.475 e. The zero-order valence-electron chi connectivity index (χ0n) is 17.7. The minimum Gasteiger partial charge on any atom is -0.377 e. The first kappa shape index (κ1) is 25.2. The molecule has 1 N–H and O–H groups in total. The van der Waals surface area contributed by atoms with Crippen LogP contribution in [0.25, 0.3) is 0 Å². The smallest absolute Gasteiger partial charge is 0.377 e. The number of hydrogen-bond acceptors (Lipinski definition) is 7. The molecule has 8 nitrogen and oxygen atoms in total. The Morgan fingerprint density at radius 3 is 1.74 bits per heavy atom. The highest BCUT2D eigenvalue weighted by molar-refractivity contribution is 7.48. The number of benzene rings is 2. The second-order valence-corrected chi connectivity index (χ2v) is 8.18. The van der Waals surface area contributed by atoms with Gasteiger partial charge in [0.05, 0.1) is 46.2 Å². The van der Waals surface area contributed by atoms with Crippen molar-refractivity contribution in [3.05, 3.63) is 71.8 Å². The van der Waals surface area contributed by atoms with E-state index in [0.717, 1.165) is 11.1 Å². The number of nitrogens with one attached hydrogen (secondary N) is 1. The quantitative estimate of drug-likeness (QED) is 0.307. The summed E-state index contributed by atoms with van der Waals surface area (Å²) in [5.74, 6) is -0.0922. The van der Waals surface area contributed by atoms with Crippen molar-refractivity contribution in [1.29, 1.82) is 0 Å². The Morgan fingerprint density at radius 2 is 1.23 bits per heavy atom. The number of phosphoric acid groups is 1. The lowest BCUT2D eigenvalue weighted by atomic mass is 10.2. The normalized spacial score (nSPS) is 11.4. The number of phosphoric ester groups is 1. The predicted molar refractivity (Wildman–Crippen MR) is 116 cm³/mol. The molecule has 0 spiro atoms. The minimum absolute atomic E-state index is 0.0484. The van der Waals surface area contributed by atoms with E-state index in [0.29, 0.717) is 26.4 Å². The van der Waals surface area contributed by atoms with Gasteiger partial charge in [0.1, 0.15) is 0 Å². The van der Waals surface area contributed by atoms with Crippen LogP contribution in [0, 0.1) is 0 Å². The molecule has 2 aromatic rings. The number of amides is 1. The van der Waals surface area contributed by atoms with Crippen LogP contribution in [0.3, 0.4) is 0 Å². The molecule has 0 saturated heterocycles. The van der Waals surface area contributed by atoms with E-state index in [1.807, 2.05) is 60.7 Å². The van der Waals surface area contributed by atoms with E-state index in [9.17, 15) is 9.36 Å². The molecule has 9 heteroatoms. The van der Waals surface area contributed by atoms with Crippen LogP contribution in [0.1, 0.15) is 18.1 Å². The predicted octanol–water partition coefficient (Wildman–Crippen LogP) is 3.71.